The zero-order chi connectivity index (χ0) is 19.6. The summed E-state index contributed by atoms with van der Waals surface area (Å²) in [5.41, 5.74) is 0.138. The van der Waals surface area contributed by atoms with E-state index in [1.54, 1.807) is 0 Å². The molecule has 27 heavy (non-hydrogen) atoms. The Bertz CT molecular complexity index is 636. The summed E-state index contributed by atoms with van der Waals surface area (Å²) in [5.74, 6) is 0.305. The van der Waals surface area contributed by atoms with Gasteiger partial charge in [0.2, 0.25) is 0 Å². The molecule has 1 aliphatic rings. The Morgan fingerprint density at radius 2 is 1.93 bits per heavy atom. The van der Waals surface area contributed by atoms with E-state index in [0.717, 1.165) is 52.0 Å². The van der Waals surface area contributed by atoms with Crippen LogP contribution in [0.3, 0.4) is 0 Å². The number of morpholine rings is 1. The van der Waals surface area contributed by atoms with Gasteiger partial charge in [0.15, 0.2) is 0 Å². The minimum Gasteiger partial charge on any atom is -0.379 e. The van der Waals surface area contributed by atoms with Crippen LogP contribution in [0.15, 0.2) is 16.9 Å². The van der Waals surface area contributed by atoms with E-state index in [0.29, 0.717) is 30.7 Å². The lowest BCUT2D eigenvalue weighted by Crippen LogP contribution is -2.52. The Hall–Kier alpha value is -1.73. The summed E-state index contributed by atoms with van der Waals surface area (Å²) in [4.78, 5) is 27.0. The molecule has 1 N–H and O–H groups in total. The van der Waals surface area contributed by atoms with E-state index in [-0.39, 0.29) is 11.5 Å². The first-order valence-electron chi connectivity index (χ1n) is 10.3. The Labute approximate surface area is 162 Å². The van der Waals surface area contributed by atoms with Crippen LogP contribution in [0.1, 0.15) is 56.9 Å². The van der Waals surface area contributed by atoms with E-state index in [1.807, 2.05) is 0 Å². The van der Waals surface area contributed by atoms with Gasteiger partial charge in [0.05, 0.1) is 13.2 Å². The number of nitrogens with zero attached hydrogens (tertiary/aromatic N) is 3. The van der Waals surface area contributed by atoms with Crippen molar-refractivity contribution in [1.29, 1.82) is 0 Å². The fraction of sp³-hybridized carbons (Fsp3) is 0.750. The summed E-state index contributed by atoms with van der Waals surface area (Å²) in [6, 6.07) is 3.23. The zero-order valence-corrected chi connectivity index (χ0v) is 16.9. The van der Waals surface area contributed by atoms with Crippen molar-refractivity contribution < 1.29 is 9.53 Å². The van der Waals surface area contributed by atoms with Gasteiger partial charge in [-0.25, -0.2) is 4.68 Å². The van der Waals surface area contributed by atoms with Crippen LogP contribution in [-0.2, 0) is 11.3 Å². The van der Waals surface area contributed by atoms with E-state index in [4.69, 9.17) is 4.74 Å². The molecule has 2 heterocycles. The zero-order valence-electron chi connectivity index (χ0n) is 16.9. The highest BCUT2D eigenvalue weighted by Crippen LogP contribution is 2.19. The monoisotopic (exact) mass is 378 g/mol. The van der Waals surface area contributed by atoms with Gasteiger partial charge >= 0.3 is 0 Å². The van der Waals surface area contributed by atoms with Gasteiger partial charge < -0.3 is 10.1 Å². The van der Waals surface area contributed by atoms with Gasteiger partial charge in [0.25, 0.3) is 11.5 Å². The minimum absolute atomic E-state index is 0.164. The van der Waals surface area contributed by atoms with Gasteiger partial charge in [-0.1, -0.05) is 40.0 Å². The number of unbranched alkanes of at least 4 members (excludes halogenated alkanes) is 1. The number of aryl methyl sites for hydroxylation is 1. The average molecular weight is 379 g/mol. The average Bonchev–Trinajstić information content (AvgIpc) is 2.71. The molecule has 2 rings (SSSR count). The third-order valence-electron chi connectivity index (χ3n) is 5.40. The molecule has 0 aromatic carbocycles. The third kappa shape index (κ3) is 6.14. The molecule has 0 radical (unpaired) electrons. The Morgan fingerprint density at radius 1 is 1.22 bits per heavy atom. The van der Waals surface area contributed by atoms with Crippen molar-refractivity contribution in [2.75, 3.05) is 32.8 Å². The highest BCUT2D eigenvalue weighted by molar-refractivity contribution is 5.92. The molecule has 1 aromatic rings. The van der Waals surface area contributed by atoms with Crippen molar-refractivity contribution in [3.63, 3.8) is 0 Å². The largest absolute Gasteiger partial charge is 0.379 e. The van der Waals surface area contributed by atoms with Gasteiger partial charge in [-0.3, -0.25) is 14.5 Å². The van der Waals surface area contributed by atoms with Crippen molar-refractivity contribution >= 4 is 5.91 Å². The molecular formula is C20H34N4O3. The second-order valence-corrected chi connectivity index (χ2v) is 7.14. The first-order chi connectivity index (χ1) is 13.1. The summed E-state index contributed by atoms with van der Waals surface area (Å²) < 4.78 is 6.86. The van der Waals surface area contributed by atoms with Gasteiger partial charge in [0.1, 0.15) is 5.69 Å². The number of carbonyl (C=O) groups excluding carboxylic acids is 1. The molecule has 1 fully saturated rings. The summed E-state index contributed by atoms with van der Waals surface area (Å²) >= 11 is 0. The van der Waals surface area contributed by atoms with Crippen LogP contribution in [0, 0.1) is 5.92 Å². The molecule has 0 aliphatic carbocycles. The standard InChI is InChI=1S/C20H34N4O3/c1-4-7-10-24-19(25)9-8-17(22-24)20(26)21-15-18(16(5-2)6-3)23-11-13-27-14-12-23/h8-9,16,18H,4-7,10-15H2,1-3H3,(H,21,26). The maximum atomic E-state index is 12.6. The second kappa shape index (κ2) is 11.2. The van der Waals surface area contributed by atoms with E-state index in [9.17, 15) is 9.59 Å². The summed E-state index contributed by atoms with van der Waals surface area (Å²) in [5, 5.41) is 7.29. The fourth-order valence-corrected chi connectivity index (χ4v) is 3.66. The summed E-state index contributed by atoms with van der Waals surface area (Å²) in [7, 11) is 0. The predicted octanol–water partition coefficient (Wildman–Crippen LogP) is 1.91. The first kappa shape index (κ1) is 21.6. The Kier molecular flexibility index (Phi) is 8.94. The molecule has 1 saturated heterocycles. The van der Waals surface area contributed by atoms with Gasteiger partial charge in [0, 0.05) is 38.3 Å². The molecular weight excluding hydrogens is 344 g/mol. The number of ether oxygens (including phenoxy) is 1. The van der Waals surface area contributed by atoms with Crippen LogP contribution in [0.2, 0.25) is 0 Å². The molecule has 1 aliphatic heterocycles. The Balaban J connectivity index is 2.04. The van der Waals surface area contributed by atoms with Crippen LogP contribution in [0.5, 0.6) is 0 Å². The number of hydrogen-bond donors (Lipinski definition) is 1. The number of nitrogens with one attached hydrogen (secondary N) is 1. The quantitative estimate of drug-likeness (QED) is 0.673. The maximum absolute atomic E-state index is 12.6. The van der Waals surface area contributed by atoms with Crippen LogP contribution >= 0.6 is 0 Å². The molecule has 1 unspecified atom stereocenters. The van der Waals surface area contributed by atoms with Crippen LogP contribution in [-0.4, -0.2) is 59.5 Å². The molecule has 1 amide bonds. The molecule has 1 atom stereocenters. The van der Waals surface area contributed by atoms with Gasteiger partial charge in [-0.05, 0) is 18.4 Å². The number of rotatable bonds is 10. The summed E-state index contributed by atoms with van der Waals surface area (Å²) in [6.07, 6.45) is 4.00. The normalized spacial score (nSPS) is 16.4. The van der Waals surface area contributed by atoms with E-state index < -0.39 is 0 Å². The number of hydrogen-bond acceptors (Lipinski definition) is 5. The predicted molar refractivity (Wildman–Crippen MR) is 106 cm³/mol. The van der Waals surface area contributed by atoms with Crippen LogP contribution in [0.4, 0.5) is 0 Å². The van der Waals surface area contributed by atoms with Crippen molar-refractivity contribution in [3.8, 4) is 0 Å². The smallest absolute Gasteiger partial charge is 0.271 e. The van der Waals surface area contributed by atoms with E-state index in [2.05, 4.69) is 36.1 Å². The molecule has 1 aromatic heterocycles. The van der Waals surface area contributed by atoms with Crippen LogP contribution in [0.25, 0.3) is 0 Å². The highest BCUT2D eigenvalue weighted by Gasteiger charge is 2.27. The minimum atomic E-state index is -0.218. The molecule has 152 valence electrons. The maximum Gasteiger partial charge on any atom is 0.271 e. The van der Waals surface area contributed by atoms with Crippen molar-refractivity contribution in [2.45, 2.75) is 59.0 Å². The third-order valence-corrected chi connectivity index (χ3v) is 5.40. The summed E-state index contributed by atoms with van der Waals surface area (Å²) in [6.45, 7) is 10.9. The lowest BCUT2D eigenvalue weighted by Gasteiger charge is -2.38. The lowest BCUT2D eigenvalue weighted by molar-refractivity contribution is 0.00189. The van der Waals surface area contributed by atoms with Gasteiger partial charge in [-0.2, -0.15) is 5.10 Å². The molecule has 7 nitrogen and oxygen atoms in total. The second-order valence-electron chi connectivity index (χ2n) is 7.14. The number of carbonyl (C=O) groups is 1. The lowest BCUT2D eigenvalue weighted by atomic mass is 9.92. The molecule has 0 spiro atoms. The molecule has 0 saturated carbocycles. The molecule has 7 heteroatoms. The van der Waals surface area contributed by atoms with E-state index in [1.165, 1.54) is 16.8 Å². The number of amides is 1. The fourth-order valence-electron chi connectivity index (χ4n) is 3.66. The Morgan fingerprint density at radius 3 is 2.56 bits per heavy atom. The molecule has 0 bridgehead atoms. The first-order valence-corrected chi connectivity index (χ1v) is 10.3. The van der Waals surface area contributed by atoms with E-state index >= 15 is 0 Å². The van der Waals surface area contributed by atoms with Crippen molar-refractivity contribution in [1.82, 2.24) is 20.0 Å². The van der Waals surface area contributed by atoms with Gasteiger partial charge in [-0.15, -0.1) is 0 Å². The van der Waals surface area contributed by atoms with Crippen molar-refractivity contribution in [3.05, 3.63) is 28.2 Å². The topological polar surface area (TPSA) is 76.5 Å². The highest BCUT2D eigenvalue weighted by atomic mass is 16.5. The number of aromatic nitrogens is 2. The van der Waals surface area contributed by atoms with Crippen molar-refractivity contribution in [2.24, 2.45) is 5.92 Å². The van der Waals surface area contributed by atoms with Crippen LogP contribution < -0.4 is 10.9 Å². The SMILES string of the molecule is CCCCn1nc(C(=O)NCC(C(CC)CC)N2CCOCC2)ccc1=O.